The van der Waals surface area contributed by atoms with Crippen molar-refractivity contribution in [2.75, 3.05) is 11.1 Å². The summed E-state index contributed by atoms with van der Waals surface area (Å²) < 4.78 is 8.98. The number of nitrogens with zero attached hydrogens (tertiary/aromatic N) is 3. The first-order valence-corrected chi connectivity index (χ1v) is 10.4. The highest BCUT2D eigenvalue weighted by Gasteiger charge is 2.17. The summed E-state index contributed by atoms with van der Waals surface area (Å²) in [7, 11) is 0. The number of halogens is 2. The number of carbonyl (C=O) groups excluding carboxylic acids is 1. The van der Waals surface area contributed by atoms with E-state index in [1.807, 2.05) is 42.7 Å². The van der Waals surface area contributed by atoms with E-state index < -0.39 is 0 Å². The molecule has 136 valence electrons. The topological polar surface area (TPSA) is 73.0 Å². The van der Waals surface area contributed by atoms with Crippen molar-refractivity contribution in [1.82, 2.24) is 14.8 Å². The van der Waals surface area contributed by atoms with Crippen molar-refractivity contribution in [3.05, 3.63) is 45.0 Å². The van der Waals surface area contributed by atoms with E-state index in [0.29, 0.717) is 23.3 Å². The van der Waals surface area contributed by atoms with E-state index in [4.69, 9.17) is 4.42 Å². The fraction of sp³-hybridized carbons (Fsp3) is 0.235. The summed E-state index contributed by atoms with van der Waals surface area (Å²) in [5, 5.41) is 12.0. The molecule has 0 saturated heterocycles. The van der Waals surface area contributed by atoms with Crippen LogP contribution in [0.2, 0.25) is 0 Å². The van der Waals surface area contributed by atoms with Gasteiger partial charge >= 0.3 is 0 Å². The summed E-state index contributed by atoms with van der Waals surface area (Å²) >= 11 is 8.30. The van der Waals surface area contributed by atoms with Gasteiger partial charge in [0.05, 0.1) is 17.7 Å². The van der Waals surface area contributed by atoms with Crippen LogP contribution in [0.1, 0.15) is 12.5 Å². The molecule has 0 bridgehead atoms. The van der Waals surface area contributed by atoms with Gasteiger partial charge < -0.3 is 9.73 Å². The molecule has 0 atom stereocenters. The first-order valence-electron chi connectivity index (χ1n) is 7.85. The van der Waals surface area contributed by atoms with Gasteiger partial charge in [0.15, 0.2) is 16.7 Å². The second kappa shape index (κ2) is 8.41. The van der Waals surface area contributed by atoms with Crippen molar-refractivity contribution in [2.24, 2.45) is 0 Å². The molecule has 0 aliphatic carbocycles. The van der Waals surface area contributed by atoms with Gasteiger partial charge in [-0.25, -0.2) is 0 Å². The van der Waals surface area contributed by atoms with Crippen LogP contribution in [0.15, 0.2) is 49.0 Å². The van der Waals surface area contributed by atoms with Crippen LogP contribution in [0.25, 0.3) is 11.6 Å². The molecule has 6 nitrogen and oxygen atoms in total. The zero-order valence-electron chi connectivity index (χ0n) is 14.1. The molecule has 1 aromatic carbocycles. The molecule has 0 fully saturated rings. The number of aryl methyl sites for hydroxylation is 1. The van der Waals surface area contributed by atoms with Gasteiger partial charge in [0.1, 0.15) is 0 Å². The van der Waals surface area contributed by atoms with Gasteiger partial charge in [-0.15, -0.1) is 10.2 Å². The Hall–Kier alpha value is -1.58. The van der Waals surface area contributed by atoms with Crippen LogP contribution in [0.4, 0.5) is 5.69 Å². The number of benzene rings is 1. The van der Waals surface area contributed by atoms with Gasteiger partial charge in [0, 0.05) is 15.5 Å². The lowest BCUT2D eigenvalue weighted by atomic mass is 10.2. The zero-order chi connectivity index (χ0) is 18.7. The number of nitrogens with one attached hydrogen (secondary N) is 1. The highest BCUT2D eigenvalue weighted by atomic mass is 79.9. The van der Waals surface area contributed by atoms with Gasteiger partial charge in [0.2, 0.25) is 5.91 Å². The highest BCUT2D eigenvalue weighted by Crippen LogP contribution is 2.32. The van der Waals surface area contributed by atoms with Crippen molar-refractivity contribution in [2.45, 2.75) is 25.5 Å². The van der Waals surface area contributed by atoms with Crippen LogP contribution in [0.5, 0.6) is 0 Å². The first kappa shape index (κ1) is 19.2. The van der Waals surface area contributed by atoms with Crippen LogP contribution in [-0.2, 0) is 11.3 Å². The third kappa shape index (κ3) is 4.21. The van der Waals surface area contributed by atoms with Crippen molar-refractivity contribution in [3.8, 4) is 11.6 Å². The van der Waals surface area contributed by atoms with Crippen LogP contribution >= 0.6 is 43.6 Å². The molecule has 26 heavy (non-hydrogen) atoms. The molecule has 1 N–H and O–H groups in total. The summed E-state index contributed by atoms with van der Waals surface area (Å²) in [5.74, 6) is 1.42. The van der Waals surface area contributed by atoms with Gasteiger partial charge in [-0.05, 0) is 75.5 Å². The summed E-state index contributed by atoms with van der Waals surface area (Å²) in [5.41, 5.74) is 1.81. The Morgan fingerprint density at radius 2 is 2.04 bits per heavy atom. The SMILES string of the molecule is CCn1c(SCC(=O)Nc2c(Br)cc(C)cc2Br)nnc1-c1ccco1. The molecule has 0 radical (unpaired) electrons. The molecule has 0 spiro atoms. The minimum absolute atomic E-state index is 0.120. The van der Waals surface area contributed by atoms with Gasteiger partial charge in [-0.2, -0.15) is 0 Å². The largest absolute Gasteiger partial charge is 0.461 e. The molecule has 0 aliphatic heterocycles. The minimum atomic E-state index is -0.120. The maximum absolute atomic E-state index is 12.4. The Morgan fingerprint density at radius 1 is 1.31 bits per heavy atom. The second-order valence-corrected chi connectivity index (χ2v) is 8.12. The minimum Gasteiger partial charge on any atom is -0.461 e. The third-order valence-electron chi connectivity index (χ3n) is 3.56. The predicted octanol–water partition coefficient (Wildman–Crippen LogP) is 5.12. The summed E-state index contributed by atoms with van der Waals surface area (Å²) in [6.45, 7) is 4.67. The van der Waals surface area contributed by atoms with Gasteiger partial charge in [-0.1, -0.05) is 11.8 Å². The standard InChI is InChI=1S/C17H16Br2N4O2S/c1-3-23-16(13-5-4-6-25-13)21-22-17(23)26-9-14(24)20-15-11(18)7-10(2)8-12(15)19/h4-8H,3,9H2,1-2H3,(H,20,24). The normalized spacial score (nSPS) is 10.9. The van der Waals surface area contributed by atoms with Crippen LogP contribution in [-0.4, -0.2) is 26.4 Å². The average Bonchev–Trinajstić information content (AvgIpc) is 3.24. The summed E-state index contributed by atoms with van der Waals surface area (Å²) in [6, 6.07) is 7.55. The van der Waals surface area contributed by atoms with E-state index in [0.717, 1.165) is 20.2 Å². The van der Waals surface area contributed by atoms with E-state index >= 15 is 0 Å². The fourth-order valence-corrected chi connectivity index (χ4v) is 4.81. The number of hydrogen-bond donors (Lipinski definition) is 1. The number of aromatic nitrogens is 3. The second-order valence-electron chi connectivity index (χ2n) is 5.47. The number of carbonyl (C=O) groups is 1. The number of hydrogen-bond acceptors (Lipinski definition) is 5. The maximum atomic E-state index is 12.4. The van der Waals surface area contributed by atoms with E-state index in [9.17, 15) is 4.79 Å². The molecule has 0 aliphatic rings. The molecule has 2 aromatic heterocycles. The van der Waals surface area contributed by atoms with Crippen molar-refractivity contribution in [1.29, 1.82) is 0 Å². The molecular weight excluding hydrogens is 484 g/mol. The summed E-state index contributed by atoms with van der Waals surface area (Å²) in [4.78, 5) is 12.4. The maximum Gasteiger partial charge on any atom is 0.234 e. The fourth-order valence-electron chi connectivity index (χ4n) is 2.39. The lowest BCUT2D eigenvalue weighted by Gasteiger charge is -2.11. The Kier molecular flexibility index (Phi) is 6.20. The van der Waals surface area contributed by atoms with E-state index in [1.54, 1.807) is 6.26 Å². The van der Waals surface area contributed by atoms with Crippen LogP contribution in [0.3, 0.4) is 0 Å². The monoisotopic (exact) mass is 498 g/mol. The van der Waals surface area contributed by atoms with Crippen molar-refractivity contribution < 1.29 is 9.21 Å². The van der Waals surface area contributed by atoms with E-state index in [2.05, 4.69) is 47.4 Å². The van der Waals surface area contributed by atoms with Crippen LogP contribution < -0.4 is 5.32 Å². The van der Waals surface area contributed by atoms with E-state index in [-0.39, 0.29) is 11.7 Å². The Balaban J connectivity index is 1.69. The van der Waals surface area contributed by atoms with Crippen molar-refractivity contribution in [3.63, 3.8) is 0 Å². The highest BCUT2D eigenvalue weighted by molar-refractivity contribution is 9.11. The number of amides is 1. The molecule has 1 amide bonds. The smallest absolute Gasteiger partial charge is 0.234 e. The number of thioether (sulfide) groups is 1. The van der Waals surface area contributed by atoms with Crippen molar-refractivity contribution >= 4 is 55.2 Å². The third-order valence-corrected chi connectivity index (χ3v) is 5.78. The molecular formula is C17H16Br2N4O2S. The lowest BCUT2D eigenvalue weighted by Crippen LogP contribution is -2.15. The average molecular weight is 500 g/mol. The van der Waals surface area contributed by atoms with Gasteiger partial charge in [-0.3, -0.25) is 9.36 Å². The number of rotatable bonds is 6. The Bertz CT molecular complexity index is 902. The Morgan fingerprint density at radius 3 is 2.65 bits per heavy atom. The van der Waals surface area contributed by atoms with E-state index in [1.165, 1.54) is 11.8 Å². The molecule has 3 rings (SSSR count). The summed E-state index contributed by atoms with van der Waals surface area (Å²) in [6.07, 6.45) is 1.60. The molecule has 0 saturated carbocycles. The molecule has 2 heterocycles. The molecule has 0 unspecified atom stereocenters. The van der Waals surface area contributed by atoms with Crippen LogP contribution in [0, 0.1) is 6.92 Å². The molecule has 9 heteroatoms. The lowest BCUT2D eigenvalue weighted by molar-refractivity contribution is -0.113. The predicted molar refractivity (Wildman–Crippen MR) is 109 cm³/mol. The Labute approximate surface area is 172 Å². The first-order chi connectivity index (χ1) is 12.5. The zero-order valence-corrected chi connectivity index (χ0v) is 18.1. The number of furan rings is 1. The quantitative estimate of drug-likeness (QED) is 0.476. The number of anilines is 1. The van der Waals surface area contributed by atoms with Gasteiger partial charge in [0.25, 0.3) is 0 Å². The molecule has 3 aromatic rings.